The van der Waals surface area contributed by atoms with Crippen molar-refractivity contribution in [3.8, 4) is 0 Å². The lowest BCUT2D eigenvalue weighted by molar-refractivity contribution is 0.624. The van der Waals surface area contributed by atoms with E-state index in [1.165, 1.54) is 12.1 Å². The molecule has 0 radical (unpaired) electrons. The van der Waals surface area contributed by atoms with E-state index in [0.717, 1.165) is 12.9 Å². The highest BCUT2D eigenvalue weighted by atomic mass is 127. The van der Waals surface area contributed by atoms with Gasteiger partial charge in [0.1, 0.15) is 5.82 Å². The Hall–Kier alpha value is 0.710. The lowest BCUT2D eigenvalue weighted by Gasteiger charge is -2.02. The fourth-order valence-corrected chi connectivity index (χ4v) is 3.77. The van der Waals surface area contributed by atoms with Gasteiger partial charge in [0, 0.05) is 12.9 Å². The fourth-order valence-electron chi connectivity index (χ4n) is 0.724. The molecule has 0 heterocycles. The van der Waals surface area contributed by atoms with Gasteiger partial charge in [-0.05, 0) is 56.9 Å². The normalized spacial score (nSPS) is 10.2. The largest absolute Gasteiger partial charge is 0.207 e. The van der Waals surface area contributed by atoms with Gasteiger partial charge in [0.25, 0.3) is 0 Å². The summed E-state index contributed by atoms with van der Waals surface area (Å²) in [6.45, 7) is 0. The Labute approximate surface area is 91.2 Å². The molecule has 0 aliphatic rings. The molecular formula is C7H5BrFIS. The molecule has 0 amide bonds. The first kappa shape index (κ1) is 9.80. The zero-order valence-corrected chi connectivity index (χ0v) is 10.3. The molecule has 1 rings (SSSR count). The van der Waals surface area contributed by atoms with Crippen LogP contribution in [0.2, 0.25) is 0 Å². The van der Waals surface area contributed by atoms with Crippen molar-refractivity contribution in [3.63, 3.8) is 0 Å². The Morgan fingerprint density at radius 3 is 2.64 bits per heavy atom. The minimum Gasteiger partial charge on any atom is -0.207 e. The minimum atomic E-state index is -0.195. The Morgan fingerprint density at radius 1 is 1.55 bits per heavy atom. The molecule has 60 valence electrons. The highest BCUT2D eigenvalue weighted by Gasteiger charge is 2.05. The van der Waals surface area contributed by atoms with Gasteiger partial charge in [-0.25, -0.2) is 4.39 Å². The van der Waals surface area contributed by atoms with Crippen molar-refractivity contribution in [1.29, 1.82) is 0 Å². The summed E-state index contributed by atoms with van der Waals surface area (Å²) < 4.78 is 14.5. The summed E-state index contributed by atoms with van der Waals surface area (Å²) in [6, 6.07) is 3.01. The maximum atomic E-state index is 12.7. The smallest absolute Gasteiger partial charge is 0.125 e. The summed E-state index contributed by atoms with van der Waals surface area (Å²) in [5.74, 6) is -0.195. The number of thioether (sulfide) groups is 1. The van der Waals surface area contributed by atoms with Crippen molar-refractivity contribution >= 4 is 50.3 Å². The molecule has 0 N–H and O–H groups in total. The molecule has 0 bridgehead atoms. The second kappa shape index (κ2) is 4.09. The summed E-state index contributed by atoms with van der Waals surface area (Å²) in [4.78, 5) is 1.09. The highest BCUT2D eigenvalue weighted by Crippen LogP contribution is 2.31. The van der Waals surface area contributed by atoms with Crippen LogP contribution in [0.1, 0.15) is 0 Å². The SMILES string of the molecule is CSc1c(Br)cc(F)cc1I. The number of halogens is 3. The topological polar surface area (TPSA) is 0 Å². The van der Waals surface area contributed by atoms with E-state index >= 15 is 0 Å². The van der Waals surface area contributed by atoms with Gasteiger partial charge in [-0.3, -0.25) is 0 Å². The van der Waals surface area contributed by atoms with Crippen LogP contribution >= 0.6 is 50.3 Å². The molecule has 0 fully saturated rings. The molecule has 0 aromatic heterocycles. The van der Waals surface area contributed by atoms with Crippen molar-refractivity contribution in [1.82, 2.24) is 0 Å². The van der Waals surface area contributed by atoms with Gasteiger partial charge in [-0.1, -0.05) is 0 Å². The van der Waals surface area contributed by atoms with Gasteiger partial charge >= 0.3 is 0 Å². The van der Waals surface area contributed by atoms with E-state index in [2.05, 4.69) is 38.5 Å². The van der Waals surface area contributed by atoms with Gasteiger partial charge in [0.05, 0.1) is 0 Å². The lowest BCUT2D eigenvalue weighted by Crippen LogP contribution is -1.83. The molecule has 0 atom stereocenters. The maximum Gasteiger partial charge on any atom is 0.125 e. The van der Waals surface area contributed by atoms with Crippen molar-refractivity contribution < 1.29 is 4.39 Å². The molecule has 0 aliphatic heterocycles. The van der Waals surface area contributed by atoms with Crippen LogP contribution < -0.4 is 0 Å². The highest BCUT2D eigenvalue weighted by molar-refractivity contribution is 14.1. The van der Waals surface area contributed by atoms with Crippen LogP contribution in [0.5, 0.6) is 0 Å². The molecule has 11 heavy (non-hydrogen) atoms. The zero-order chi connectivity index (χ0) is 8.43. The van der Waals surface area contributed by atoms with E-state index in [9.17, 15) is 4.39 Å². The summed E-state index contributed by atoms with van der Waals surface area (Å²) in [5, 5.41) is 0. The van der Waals surface area contributed by atoms with Crippen LogP contribution in [-0.2, 0) is 0 Å². The second-order valence-corrected chi connectivity index (χ2v) is 4.74. The first-order valence-electron chi connectivity index (χ1n) is 2.83. The van der Waals surface area contributed by atoms with Gasteiger partial charge in [-0.15, -0.1) is 11.8 Å². The molecule has 0 nitrogen and oxygen atoms in total. The molecule has 0 aliphatic carbocycles. The van der Waals surface area contributed by atoms with E-state index < -0.39 is 0 Å². The van der Waals surface area contributed by atoms with Crippen LogP contribution in [0, 0.1) is 9.39 Å². The fraction of sp³-hybridized carbons (Fsp3) is 0.143. The average molecular weight is 347 g/mol. The third kappa shape index (κ3) is 2.32. The van der Waals surface area contributed by atoms with E-state index in [4.69, 9.17) is 0 Å². The summed E-state index contributed by atoms with van der Waals surface area (Å²) >= 11 is 7.02. The molecule has 4 heteroatoms. The van der Waals surface area contributed by atoms with Crippen molar-refractivity contribution in [3.05, 3.63) is 26.0 Å². The van der Waals surface area contributed by atoms with Crippen molar-refractivity contribution in [2.75, 3.05) is 6.26 Å². The third-order valence-corrected chi connectivity index (χ3v) is 4.12. The third-order valence-electron chi connectivity index (χ3n) is 1.17. The number of hydrogen-bond acceptors (Lipinski definition) is 1. The number of hydrogen-bond donors (Lipinski definition) is 0. The van der Waals surface area contributed by atoms with E-state index in [-0.39, 0.29) is 5.82 Å². The van der Waals surface area contributed by atoms with E-state index in [0.29, 0.717) is 0 Å². The van der Waals surface area contributed by atoms with Crippen LogP contribution in [0.4, 0.5) is 4.39 Å². The molecule has 1 aromatic carbocycles. The number of benzene rings is 1. The zero-order valence-electron chi connectivity index (χ0n) is 5.70. The summed E-state index contributed by atoms with van der Waals surface area (Å²) in [5.41, 5.74) is 0. The van der Waals surface area contributed by atoms with Crippen LogP contribution in [-0.4, -0.2) is 6.26 Å². The predicted molar refractivity (Wildman–Crippen MR) is 58.6 cm³/mol. The van der Waals surface area contributed by atoms with Gasteiger partial charge in [-0.2, -0.15) is 0 Å². The molecular weight excluding hydrogens is 342 g/mol. The first-order chi connectivity index (χ1) is 5.15. The maximum absolute atomic E-state index is 12.7. The monoisotopic (exact) mass is 346 g/mol. The van der Waals surface area contributed by atoms with Gasteiger partial charge in [0.2, 0.25) is 0 Å². The quantitative estimate of drug-likeness (QED) is 0.548. The van der Waals surface area contributed by atoms with Crippen LogP contribution in [0.15, 0.2) is 21.5 Å². The van der Waals surface area contributed by atoms with E-state index in [1.807, 2.05) is 6.26 Å². The van der Waals surface area contributed by atoms with Crippen LogP contribution in [0.25, 0.3) is 0 Å². The molecule has 0 spiro atoms. The Balaban J connectivity index is 3.25. The number of rotatable bonds is 1. The Bertz CT molecular complexity index is 254. The second-order valence-electron chi connectivity index (χ2n) is 1.90. The van der Waals surface area contributed by atoms with Crippen LogP contribution in [0.3, 0.4) is 0 Å². The summed E-state index contributed by atoms with van der Waals surface area (Å²) in [7, 11) is 0. The Morgan fingerprint density at radius 2 is 2.18 bits per heavy atom. The standard InChI is InChI=1S/C7H5BrFIS/c1-11-7-5(8)2-4(9)3-6(7)10/h2-3H,1H3. The van der Waals surface area contributed by atoms with Gasteiger partial charge in [0.15, 0.2) is 0 Å². The average Bonchev–Trinajstić information content (AvgIpc) is 1.85. The minimum absolute atomic E-state index is 0.195. The predicted octanol–water partition coefficient (Wildman–Crippen LogP) is 3.91. The molecule has 0 saturated carbocycles. The Kier molecular flexibility index (Phi) is 3.64. The van der Waals surface area contributed by atoms with Crippen molar-refractivity contribution in [2.24, 2.45) is 0 Å². The van der Waals surface area contributed by atoms with Gasteiger partial charge < -0.3 is 0 Å². The lowest BCUT2D eigenvalue weighted by atomic mass is 10.3. The van der Waals surface area contributed by atoms with E-state index in [1.54, 1.807) is 11.8 Å². The molecule has 0 saturated heterocycles. The first-order valence-corrected chi connectivity index (χ1v) is 5.93. The van der Waals surface area contributed by atoms with Crippen molar-refractivity contribution in [2.45, 2.75) is 4.90 Å². The molecule has 1 aromatic rings. The summed E-state index contributed by atoms with van der Waals surface area (Å²) in [6.07, 6.45) is 1.97. The molecule has 0 unspecified atom stereocenters.